The van der Waals surface area contributed by atoms with Crippen LogP contribution in [0, 0.1) is 5.92 Å². The molecular formula is C11H20O. The Labute approximate surface area is 75.5 Å². The predicted octanol–water partition coefficient (Wildman–Crippen LogP) is 2.89. The van der Waals surface area contributed by atoms with Crippen molar-refractivity contribution in [2.24, 2.45) is 5.92 Å². The van der Waals surface area contributed by atoms with Crippen LogP contribution in [0.4, 0.5) is 0 Å². The lowest BCUT2D eigenvalue weighted by Crippen LogP contribution is -2.07. The van der Waals surface area contributed by atoms with E-state index in [1.807, 2.05) is 0 Å². The van der Waals surface area contributed by atoms with Crippen molar-refractivity contribution in [3.05, 3.63) is 12.7 Å². The summed E-state index contributed by atoms with van der Waals surface area (Å²) in [6.45, 7) is 3.62. The van der Waals surface area contributed by atoms with Gasteiger partial charge in [-0.1, -0.05) is 31.8 Å². The molecule has 0 spiro atoms. The Kier molecular flexibility index (Phi) is 4.37. The summed E-state index contributed by atoms with van der Waals surface area (Å²) in [5.41, 5.74) is 0. The molecule has 0 aromatic rings. The highest BCUT2D eigenvalue weighted by Crippen LogP contribution is 2.29. The fourth-order valence-electron chi connectivity index (χ4n) is 2.04. The van der Waals surface area contributed by atoms with Crippen molar-refractivity contribution in [2.75, 3.05) is 0 Å². The summed E-state index contributed by atoms with van der Waals surface area (Å²) in [4.78, 5) is 0. The Morgan fingerprint density at radius 2 is 2.08 bits per heavy atom. The predicted molar refractivity (Wildman–Crippen MR) is 52.0 cm³/mol. The maximum atomic E-state index is 9.44. The lowest BCUT2D eigenvalue weighted by molar-refractivity contribution is 0.157. The van der Waals surface area contributed by atoms with Gasteiger partial charge in [0.25, 0.3) is 0 Å². The van der Waals surface area contributed by atoms with Gasteiger partial charge in [0.05, 0.1) is 6.10 Å². The van der Waals surface area contributed by atoms with Crippen LogP contribution in [0.25, 0.3) is 0 Å². The number of hydrogen-bond acceptors (Lipinski definition) is 1. The first-order valence-electron chi connectivity index (χ1n) is 5.12. The van der Waals surface area contributed by atoms with Gasteiger partial charge in [0, 0.05) is 0 Å². The molecule has 1 saturated carbocycles. The summed E-state index contributed by atoms with van der Waals surface area (Å²) in [7, 11) is 0. The highest BCUT2D eigenvalue weighted by Gasteiger charge is 2.15. The average Bonchev–Trinajstić information content (AvgIpc) is 2.53. The normalized spacial score (nSPS) is 21.1. The van der Waals surface area contributed by atoms with Gasteiger partial charge in [-0.05, 0) is 25.2 Å². The van der Waals surface area contributed by atoms with Crippen molar-refractivity contribution in [2.45, 2.75) is 51.0 Å². The molecule has 0 aromatic heterocycles. The van der Waals surface area contributed by atoms with Gasteiger partial charge in [-0.15, -0.1) is 6.58 Å². The Morgan fingerprint density at radius 1 is 1.42 bits per heavy atom. The zero-order valence-corrected chi connectivity index (χ0v) is 7.84. The summed E-state index contributed by atoms with van der Waals surface area (Å²) in [5, 5.41) is 9.44. The fourth-order valence-corrected chi connectivity index (χ4v) is 2.04. The van der Waals surface area contributed by atoms with E-state index in [1.54, 1.807) is 6.08 Å². The van der Waals surface area contributed by atoms with Gasteiger partial charge in [-0.25, -0.2) is 0 Å². The molecule has 1 aliphatic carbocycles. The molecule has 0 aromatic carbocycles. The topological polar surface area (TPSA) is 20.2 Å². The van der Waals surface area contributed by atoms with Gasteiger partial charge in [0.1, 0.15) is 0 Å². The molecule has 0 heterocycles. The molecule has 1 rings (SSSR count). The van der Waals surface area contributed by atoms with E-state index in [0.29, 0.717) is 0 Å². The van der Waals surface area contributed by atoms with Gasteiger partial charge >= 0.3 is 0 Å². The van der Waals surface area contributed by atoms with Crippen molar-refractivity contribution < 1.29 is 5.11 Å². The molecule has 1 aliphatic rings. The van der Waals surface area contributed by atoms with Crippen LogP contribution < -0.4 is 0 Å². The molecule has 0 aliphatic heterocycles. The molecule has 1 atom stereocenters. The second-order valence-electron chi connectivity index (χ2n) is 3.91. The SMILES string of the molecule is C=CCC(O)CCC1CCCC1. The molecule has 1 N–H and O–H groups in total. The minimum Gasteiger partial charge on any atom is -0.393 e. The quantitative estimate of drug-likeness (QED) is 0.626. The zero-order valence-electron chi connectivity index (χ0n) is 7.84. The highest BCUT2D eigenvalue weighted by molar-refractivity contribution is 4.74. The molecule has 0 amide bonds. The number of hydrogen-bond donors (Lipinski definition) is 1. The van der Waals surface area contributed by atoms with Crippen LogP contribution in [-0.2, 0) is 0 Å². The van der Waals surface area contributed by atoms with Crippen LogP contribution in [0.2, 0.25) is 0 Å². The van der Waals surface area contributed by atoms with Crippen molar-refractivity contribution in [3.63, 3.8) is 0 Å². The summed E-state index contributed by atoms with van der Waals surface area (Å²) in [6, 6.07) is 0. The molecular weight excluding hydrogens is 148 g/mol. The maximum Gasteiger partial charge on any atom is 0.0574 e. The van der Waals surface area contributed by atoms with Crippen molar-refractivity contribution in [1.82, 2.24) is 0 Å². The van der Waals surface area contributed by atoms with E-state index in [4.69, 9.17) is 0 Å². The van der Waals surface area contributed by atoms with E-state index >= 15 is 0 Å². The third kappa shape index (κ3) is 3.40. The third-order valence-corrected chi connectivity index (χ3v) is 2.82. The molecule has 1 fully saturated rings. The zero-order chi connectivity index (χ0) is 8.81. The van der Waals surface area contributed by atoms with Crippen molar-refractivity contribution in [1.29, 1.82) is 0 Å². The van der Waals surface area contributed by atoms with E-state index in [-0.39, 0.29) is 6.10 Å². The van der Waals surface area contributed by atoms with Crippen LogP contribution in [0.15, 0.2) is 12.7 Å². The Morgan fingerprint density at radius 3 is 2.67 bits per heavy atom. The number of rotatable bonds is 5. The van der Waals surface area contributed by atoms with E-state index in [2.05, 4.69) is 6.58 Å². The number of aliphatic hydroxyl groups excluding tert-OH is 1. The molecule has 0 bridgehead atoms. The van der Waals surface area contributed by atoms with E-state index in [9.17, 15) is 5.11 Å². The molecule has 1 heteroatoms. The summed E-state index contributed by atoms with van der Waals surface area (Å²) >= 11 is 0. The van der Waals surface area contributed by atoms with Crippen LogP contribution in [0.3, 0.4) is 0 Å². The highest BCUT2D eigenvalue weighted by atomic mass is 16.3. The molecule has 0 radical (unpaired) electrons. The Balaban J connectivity index is 2.03. The first-order valence-corrected chi connectivity index (χ1v) is 5.12. The second-order valence-corrected chi connectivity index (χ2v) is 3.91. The molecule has 1 unspecified atom stereocenters. The van der Waals surface area contributed by atoms with Gasteiger partial charge in [0.15, 0.2) is 0 Å². The lowest BCUT2D eigenvalue weighted by Gasteiger charge is -2.11. The van der Waals surface area contributed by atoms with Crippen molar-refractivity contribution in [3.8, 4) is 0 Å². The largest absolute Gasteiger partial charge is 0.393 e. The summed E-state index contributed by atoms with van der Waals surface area (Å²) < 4.78 is 0. The first-order chi connectivity index (χ1) is 5.83. The monoisotopic (exact) mass is 168 g/mol. The number of aliphatic hydroxyl groups is 1. The summed E-state index contributed by atoms with van der Waals surface area (Å²) in [5.74, 6) is 0.907. The van der Waals surface area contributed by atoms with E-state index < -0.39 is 0 Å². The van der Waals surface area contributed by atoms with Crippen molar-refractivity contribution >= 4 is 0 Å². The van der Waals surface area contributed by atoms with Crippen LogP contribution >= 0.6 is 0 Å². The van der Waals surface area contributed by atoms with Gasteiger partial charge in [-0.2, -0.15) is 0 Å². The second kappa shape index (κ2) is 5.36. The molecule has 70 valence electrons. The standard InChI is InChI=1S/C11H20O/c1-2-5-11(12)9-8-10-6-3-4-7-10/h2,10-12H,1,3-9H2. The molecule has 0 saturated heterocycles. The molecule has 12 heavy (non-hydrogen) atoms. The minimum atomic E-state index is -0.136. The molecule has 1 nitrogen and oxygen atoms in total. The first kappa shape index (κ1) is 9.79. The lowest BCUT2D eigenvalue weighted by atomic mass is 9.98. The summed E-state index contributed by atoms with van der Waals surface area (Å²) in [6.07, 6.45) is 10.2. The van der Waals surface area contributed by atoms with Gasteiger partial charge in [-0.3, -0.25) is 0 Å². The van der Waals surface area contributed by atoms with Crippen LogP contribution in [0.1, 0.15) is 44.9 Å². The smallest absolute Gasteiger partial charge is 0.0574 e. The van der Waals surface area contributed by atoms with Crippen LogP contribution in [-0.4, -0.2) is 11.2 Å². The minimum absolute atomic E-state index is 0.136. The van der Waals surface area contributed by atoms with E-state index in [1.165, 1.54) is 32.1 Å². The Hall–Kier alpha value is -0.300. The third-order valence-electron chi connectivity index (χ3n) is 2.82. The van der Waals surface area contributed by atoms with Gasteiger partial charge < -0.3 is 5.11 Å². The van der Waals surface area contributed by atoms with E-state index in [0.717, 1.165) is 18.8 Å². The Bertz CT molecular complexity index is 125. The maximum absolute atomic E-state index is 9.44. The fraction of sp³-hybridized carbons (Fsp3) is 0.818. The average molecular weight is 168 g/mol. The van der Waals surface area contributed by atoms with Crippen LogP contribution in [0.5, 0.6) is 0 Å². The van der Waals surface area contributed by atoms with Gasteiger partial charge in [0.2, 0.25) is 0 Å².